The van der Waals surface area contributed by atoms with Crippen molar-refractivity contribution in [1.29, 1.82) is 0 Å². The molecule has 7 unspecified atom stereocenters. The second-order valence-corrected chi connectivity index (χ2v) is 9.56. The summed E-state index contributed by atoms with van der Waals surface area (Å²) in [6.07, 6.45) is 8.13. The fourth-order valence-corrected chi connectivity index (χ4v) is 8.24. The van der Waals surface area contributed by atoms with E-state index < -0.39 is 9.84 Å². The second kappa shape index (κ2) is 4.01. The number of sulfone groups is 1. The normalized spacial score (nSPS) is 46.2. The van der Waals surface area contributed by atoms with Gasteiger partial charge in [-0.25, -0.2) is 8.42 Å². The molecule has 21 heavy (non-hydrogen) atoms. The Balaban J connectivity index is 1.52. The van der Waals surface area contributed by atoms with Crippen molar-refractivity contribution in [3.63, 3.8) is 0 Å². The molecule has 0 spiro atoms. The van der Waals surface area contributed by atoms with Gasteiger partial charge in [0, 0.05) is 0 Å². The Labute approximate surface area is 126 Å². The van der Waals surface area contributed by atoms with Crippen molar-refractivity contribution in [2.24, 2.45) is 35.5 Å². The number of hydrogen-bond acceptors (Lipinski definition) is 2. The first-order valence-corrected chi connectivity index (χ1v) is 9.68. The molecule has 4 aliphatic carbocycles. The lowest BCUT2D eigenvalue weighted by Gasteiger charge is -2.36. The third kappa shape index (κ3) is 1.51. The molecule has 4 aliphatic rings. The zero-order valence-corrected chi connectivity index (χ0v) is 12.7. The van der Waals surface area contributed by atoms with Crippen molar-refractivity contribution < 1.29 is 8.42 Å². The average molecular weight is 300 g/mol. The molecular formula is C18H20O2S. The largest absolute Gasteiger partial charge is 0.223 e. The Morgan fingerprint density at radius 2 is 1.57 bits per heavy atom. The summed E-state index contributed by atoms with van der Waals surface area (Å²) in [4.78, 5) is 0.526. The van der Waals surface area contributed by atoms with E-state index in [1.165, 1.54) is 6.42 Å². The van der Waals surface area contributed by atoms with Crippen LogP contribution in [0.15, 0.2) is 47.4 Å². The molecule has 3 fully saturated rings. The van der Waals surface area contributed by atoms with Crippen molar-refractivity contribution in [2.45, 2.75) is 29.4 Å². The molecule has 110 valence electrons. The Morgan fingerprint density at radius 3 is 2.33 bits per heavy atom. The Morgan fingerprint density at radius 1 is 0.857 bits per heavy atom. The van der Waals surface area contributed by atoms with E-state index in [0.717, 1.165) is 24.7 Å². The predicted molar refractivity (Wildman–Crippen MR) is 81.3 cm³/mol. The highest BCUT2D eigenvalue weighted by molar-refractivity contribution is 7.92. The van der Waals surface area contributed by atoms with Gasteiger partial charge in [-0.3, -0.25) is 0 Å². The Hall–Kier alpha value is -1.09. The maximum atomic E-state index is 13.0. The molecule has 3 saturated carbocycles. The van der Waals surface area contributed by atoms with E-state index in [-0.39, 0.29) is 5.25 Å². The lowest BCUT2D eigenvalue weighted by molar-refractivity contribution is 0.208. The number of allylic oxidation sites excluding steroid dienone is 2. The second-order valence-electron chi connectivity index (χ2n) is 7.39. The van der Waals surface area contributed by atoms with E-state index in [2.05, 4.69) is 12.2 Å². The minimum Gasteiger partial charge on any atom is -0.223 e. The summed E-state index contributed by atoms with van der Waals surface area (Å²) >= 11 is 0. The van der Waals surface area contributed by atoms with Crippen LogP contribution in [0.1, 0.15) is 19.3 Å². The van der Waals surface area contributed by atoms with E-state index in [0.29, 0.717) is 28.6 Å². The van der Waals surface area contributed by atoms with E-state index >= 15 is 0 Å². The van der Waals surface area contributed by atoms with Gasteiger partial charge in [0.25, 0.3) is 0 Å². The summed E-state index contributed by atoms with van der Waals surface area (Å²) in [6, 6.07) is 9.09. The van der Waals surface area contributed by atoms with Crippen LogP contribution in [-0.4, -0.2) is 13.7 Å². The van der Waals surface area contributed by atoms with Crippen molar-refractivity contribution in [1.82, 2.24) is 0 Å². The van der Waals surface area contributed by atoms with Crippen molar-refractivity contribution in [2.75, 3.05) is 0 Å². The summed E-state index contributed by atoms with van der Waals surface area (Å²) < 4.78 is 26.0. The minimum atomic E-state index is -3.15. The van der Waals surface area contributed by atoms with Crippen LogP contribution in [0.5, 0.6) is 0 Å². The van der Waals surface area contributed by atoms with Crippen molar-refractivity contribution in [3.8, 4) is 0 Å². The van der Waals surface area contributed by atoms with Crippen LogP contribution in [0.4, 0.5) is 0 Å². The van der Waals surface area contributed by atoms with Crippen LogP contribution in [0.25, 0.3) is 0 Å². The van der Waals surface area contributed by atoms with Gasteiger partial charge in [-0.2, -0.15) is 0 Å². The highest BCUT2D eigenvalue weighted by atomic mass is 32.2. The highest BCUT2D eigenvalue weighted by Crippen LogP contribution is 2.66. The predicted octanol–water partition coefficient (Wildman–Crippen LogP) is 3.31. The lowest BCUT2D eigenvalue weighted by atomic mass is 9.73. The summed E-state index contributed by atoms with van der Waals surface area (Å²) in [5.41, 5.74) is 0. The molecule has 5 rings (SSSR count). The van der Waals surface area contributed by atoms with Gasteiger partial charge in [0.2, 0.25) is 0 Å². The molecule has 1 aromatic carbocycles. The molecule has 4 bridgehead atoms. The van der Waals surface area contributed by atoms with Gasteiger partial charge in [-0.15, -0.1) is 0 Å². The Kier molecular flexibility index (Phi) is 2.38. The zero-order valence-electron chi connectivity index (χ0n) is 11.9. The first kappa shape index (κ1) is 12.5. The lowest BCUT2D eigenvalue weighted by Crippen LogP contribution is -2.38. The minimum absolute atomic E-state index is 0.126. The molecule has 0 aromatic heterocycles. The Bertz CT molecular complexity index is 706. The van der Waals surface area contributed by atoms with Crippen LogP contribution in [0, 0.1) is 35.5 Å². The molecule has 0 radical (unpaired) electrons. The molecule has 1 aromatic rings. The smallest absolute Gasteiger partial charge is 0.181 e. The van der Waals surface area contributed by atoms with E-state index in [1.807, 2.05) is 18.2 Å². The number of hydrogen-bond donors (Lipinski definition) is 0. The third-order valence-electron chi connectivity index (χ3n) is 6.68. The van der Waals surface area contributed by atoms with Crippen molar-refractivity contribution >= 4 is 9.84 Å². The van der Waals surface area contributed by atoms with Gasteiger partial charge in [0.15, 0.2) is 9.84 Å². The topological polar surface area (TPSA) is 34.1 Å². The fourth-order valence-electron chi connectivity index (χ4n) is 6.10. The quantitative estimate of drug-likeness (QED) is 0.620. The number of rotatable bonds is 2. The number of benzene rings is 1. The first-order valence-electron chi connectivity index (χ1n) is 8.13. The van der Waals surface area contributed by atoms with Gasteiger partial charge >= 0.3 is 0 Å². The summed E-state index contributed by atoms with van der Waals surface area (Å²) in [6.45, 7) is 0. The van der Waals surface area contributed by atoms with Gasteiger partial charge in [0.1, 0.15) is 0 Å². The zero-order chi connectivity index (χ0) is 14.2. The van der Waals surface area contributed by atoms with Crippen LogP contribution >= 0.6 is 0 Å². The van der Waals surface area contributed by atoms with E-state index in [9.17, 15) is 8.42 Å². The van der Waals surface area contributed by atoms with Crippen LogP contribution in [0.2, 0.25) is 0 Å². The van der Waals surface area contributed by atoms with Crippen LogP contribution in [-0.2, 0) is 9.84 Å². The standard InChI is InChI=1S/C18H20O2S/c19-21(20,14-4-2-1-3-5-14)16-10-13-9-15(16)18-12-7-6-11(8-12)17(13)18/h1-7,11-13,15-18H,8-10H2. The molecule has 0 heterocycles. The fraction of sp³-hybridized carbons (Fsp3) is 0.556. The van der Waals surface area contributed by atoms with Crippen LogP contribution < -0.4 is 0 Å². The SMILES string of the molecule is O=S(=O)(c1ccccc1)C1CC2CC1C1C3C=CC(C3)C21. The maximum absolute atomic E-state index is 13.0. The van der Waals surface area contributed by atoms with E-state index in [1.54, 1.807) is 12.1 Å². The highest BCUT2D eigenvalue weighted by Gasteiger charge is 2.63. The van der Waals surface area contributed by atoms with Gasteiger partial charge in [-0.05, 0) is 66.9 Å². The molecule has 0 N–H and O–H groups in total. The van der Waals surface area contributed by atoms with Gasteiger partial charge < -0.3 is 0 Å². The molecule has 0 amide bonds. The third-order valence-corrected chi connectivity index (χ3v) is 8.95. The van der Waals surface area contributed by atoms with Gasteiger partial charge in [-0.1, -0.05) is 30.4 Å². The summed E-state index contributed by atoms with van der Waals surface area (Å²) in [5.74, 6) is 3.95. The summed E-state index contributed by atoms with van der Waals surface area (Å²) in [7, 11) is -3.15. The number of fused-ring (bicyclic) bond motifs is 9. The molecule has 3 heteroatoms. The van der Waals surface area contributed by atoms with Crippen molar-refractivity contribution in [3.05, 3.63) is 42.5 Å². The molecule has 0 aliphatic heterocycles. The maximum Gasteiger partial charge on any atom is 0.181 e. The molecular weight excluding hydrogens is 280 g/mol. The molecule has 0 saturated heterocycles. The summed E-state index contributed by atoms with van der Waals surface area (Å²) in [5, 5.41) is -0.126. The first-order chi connectivity index (χ1) is 10.2. The van der Waals surface area contributed by atoms with E-state index in [4.69, 9.17) is 0 Å². The molecule has 7 atom stereocenters. The molecule has 2 nitrogen and oxygen atoms in total. The average Bonchev–Trinajstić information content (AvgIpc) is 3.26. The van der Waals surface area contributed by atoms with Crippen LogP contribution in [0.3, 0.4) is 0 Å². The van der Waals surface area contributed by atoms with Gasteiger partial charge in [0.05, 0.1) is 10.1 Å². The monoisotopic (exact) mass is 300 g/mol.